The maximum Gasteiger partial charge on any atom is 0.356 e. The Morgan fingerprint density at radius 1 is 1.00 bits per heavy atom. The van der Waals surface area contributed by atoms with Gasteiger partial charge in [-0.3, -0.25) is 4.57 Å². The Balaban J connectivity index is 2.68. The zero-order valence-corrected chi connectivity index (χ0v) is 13.4. The molecule has 0 aliphatic carbocycles. The standard InChI is InChI=1S/C16H19O6P/c1-2-3-13(10-4-6-11(17)7-5-10)16-14(19)8-12(18)9-15(16)23(20,21)22/h4-9,13,17-19H,2-3H2,1H3,(H2,20,21,22). The number of benzene rings is 2. The Hall–Kier alpha value is -2.01. The van der Waals surface area contributed by atoms with Crippen LogP contribution < -0.4 is 5.30 Å². The van der Waals surface area contributed by atoms with Crippen molar-refractivity contribution in [3.8, 4) is 17.2 Å². The Morgan fingerprint density at radius 3 is 2.13 bits per heavy atom. The van der Waals surface area contributed by atoms with Crippen LogP contribution >= 0.6 is 7.60 Å². The number of phenolic OH excluding ortho intramolecular Hbond substituents is 3. The summed E-state index contributed by atoms with van der Waals surface area (Å²) in [6.45, 7) is 1.92. The number of phenols is 3. The highest BCUT2D eigenvalue weighted by Crippen LogP contribution is 2.44. The van der Waals surface area contributed by atoms with Crippen LogP contribution in [0.4, 0.5) is 0 Å². The van der Waals surface area contributed by atoms with E-state index in [1.807, 2.05) is 6.92 Å². The Bertz CT molecular complexity index is 735. The van der Waals surface area contributed by atoms with Crippen molar-refractivity contribution < 1.29 is 29.7 Å². The van der Waals surface area contributed by atoms with E-state index in [1.54, 1.807) is 12.1 Å². The highest BCUT2D eigenvalue weighted by molar-refractivity contribution is 7.60. The van der Waals surface area contributed by atoms with E-state index in [0.717, 1.165) is 12.1 Å². The molecule has 23 heavy (non-hydrogen) atoms. The third-order valence-corrected chi connectivity index (χ3v) is 4.65. The molecule has 1 unspecified atom stereocenters. The Labute approximate surface area is 133 Å². The molecular weight excluding hydrogens is 319 g/mol. The normalized spacial score (nSPS) is 13.0. The zero-order valence-electron chi connectivity index (χ0n) is 12.5. The molecule has 0 saturated carbocycles. The third kappa shape index (κ3) is 3.85. The molecule has 124 valence electrons. The van der Waals surface area contributed by atoms with Gasteiger partial charge < -0.3 is 25.1 Å². The van der Waals surface area contributed by atoms with Gasteiger partial charge in [0.1, 0.15) is 17.2 Å². The largest absolute Gasteiger partial charge is 0.508 e. The van der Waals surface area contributed by atoms with E-state index in [2.05, 4.69) is 0 Å². The summed E-state index contributed by atoms with van der Waals surface area (Å²) >= 11 is 0. The molecule has 2 aromatic carbocycles. The van der Waals surface area contributed by atoms with Gasteiger partial charge in [-0.1, -0.05) is 25.5 Å². The second-order valence-electron chi connectivity index (χ2n) is 5.37. The van der Waals surface area contributed by atoms with Crippen molar-refractivity contribution in [2.24, 2.45) is 0 Å². The minimum Gasteiger partial charge on any atom is -0.508 e. The SMILES string of the molecule is CCCC(c1ccc(O)cc1)c1c(O)cc(O)cc1P(=O)(O)O. The van der Waals surface area contributed by atoms with Crippen molar-refractivity contribution in [3.05, 3.63) is 47.5 Å². The van der Waals surface area contributed by atoms with Crippen molar-refractivity contribution in [3.63, 3.8) is 0 Å². The minimum atomic E-state index is -4.69. The first kappa shape index (κ1) is 17.3. The van der Waals surface area contributed by atoms with Gasteiger partial charge in [-0.05, 0) is 30.2 Å². The molecule has 0 fully saturated rings. The fraction of sp³-hybridized carbons (Fsp3) is 0.250. The summed E-state index contributed by atoms with van der Waals surface area (Å²) in [6, 6.07) is 8.30. The first-order valence-electron chi connectivity index (χ1n) is 7.15. The van der Waals surface area contributed by atoms with Crippen LogP contribution in [0, 0.1) is 0 Å². The summed E-state index contributed by atoms with van der Waals surface area (Å²) < 4.78 is 11.8. The smallest absolute Gasteiger partial charge is 0.356 e. The zero-order chi connectivity index (χ0) is 17.2. The van der Waals surface area contributed by atoms with Crippen LogP contribution in [0.3, 0.4) is 0 Å². The lowest BCUT2D eigenvalue weighted by molar-refractivity contribution is 0.385. The molecule has 2 rings (SSSR count). The topological polar surface area (TPSA) is 118 Å². The van der Waals surface area contributed by atoms with Crippen molar-refractivity contribution in [1.82, 2.24) is 0 Å². The molecule has 0 amide bonds. The van der Waals surface area contributed by atoms with Gasteiger partial charge >= 0.3 is 7.60 Å². The van der Waals surface area contributed by atoms with Gasteiger partial charge in [0.05, 0.1) is 5.30 Å². The molecule has 0 heterocycles. The maximum atomic E-state index is 11.8. The lowest BCUT2D eigenvalue weighted by atomic mass is 9.87. The highest BCUT2D eigenvalue weighted by atomic mass is 31.2. The van der Waals surface area contributed by atoms with E-state index in [4.69, 9.17) is 0 Å². The van der Waals surface area contributed by atoms with E-state index in [9.17, 15) is 29.7 Å². The molecule has 0 saturated heterocycles. The van der Waals surface area contributed by atoms with Gasteiger partial charge in [0.15, 0.2) is 0 Å². The second kappa shape index (κ2) is 6.62. The molecule has 0 bridgehead atoms. The molecular formula is C16H19O6P. The summed E-state index contributed by atoms with van der Waals surface area (Å²) in [7, 11) is -4.69. The van der Waals surface area contributed by atoms with Crippen LogP contribution in [0.25, 0.3) is 0 Å². The van der Waals surface area contributed by atoms with Gasteiger partial charge in [-0.15, -0.1) is 0 Å². The monoisotopic (exact) mass is 338 g/mol. The second-order valence-corrected chi connectivity index (χ2v) is 6.94. The van der Waals surface area contributed by atoms with Crippen LogP contribution in [-0.2, 0) is 4.57 Å². The van der Waals surface area contributed by atoms with Crippen LogP contribution in [0.5, 0.6) is 17.2 Å². The number of rotatable bonds is 5. The molecule has 0 aromatic heterocycles. The molecule has 5 N–H and O–H groups in total. The number of hydrogen-bond acceptors (Lipinski definition) is 4. The molecule has 0 spiro atoms. The molecule has 2 aromatic rings. The Kier molecular flexibility index (Phi) is 5.00. The van der Waals surface area contributed by atoms with Gasteiger partial charge in [0.25, 0.3) is 0 Å². The summed E-state index contributed by atoms with van der Waals surface area (Å²) in [5, 5.41) is 28.8. The summed E-state index contributed by atoms with van der Waals surface area (Å²) in [5.74, 6) is -1.17. The predicted molar refractivity (Wildman–Crippen MR) is 86.3 cm³/mol. The van der Waals surface area contributed by atoms with Crippen molar-refractivity contribution in [1.29, 1.82) is 0 Å². The van der Waals surface area contributed by atoms with Crippen molar-refractivity contribution in [2.45, 2.75) is 25.7 Å². The number of hydrogen-bond donors (Lipinski definition) is 5. The average Bonchev–Trinajstić information content (AvgIpc) is 2.45. The number of aromatic hydroxyl groups is 3. The molecule has 0 aliphatic heterocycles. The van der Waals surface area contributed by atoms with Crippen LogP contribution in [0.2, 0.25) is 0 Å². The summed E-state index contributed by atoms with van der Waals surface area (Å²) in [6.07, 6.45) is 1.25. The first-order valence-corrected chi connectivity index (χ1v) is 8.76. The highest BCUT2D eigenvalue weighted by Gasteiger charge is 2.30. The molecule has 0 radical (unpaired) electrons. The quantitative estimate of drug-likeness (QED) is 0.535. The van der Waals surface area contributed by atoms with Crippen LogP contribution in [-0.4, -0.2) is 25.1 Å². The summed E-state index contributed by atoms with van der Waals surface area (Å²) in [4.78, 5) is 19.2. The fourth-order valence-corrected chi connectivity index (χ4v) is 3.56. The lowest BCUT2D eigenvalue weighted by Crippen LogP contribution is -2.16. The van der Waals surface area contributed by atoms with Crippen LogP contribution in [0.1, 0.15) is 36.8 Å². The predicted octanol–water partition coefficient (Wildman–Crippen LogP) is 2.54. The molecule has 0 aliphatic rings. The van der Waals surface area contributed by atoms with E-state index in [-0.39, 0.29) is 22.4 Å². The molecule has 6 nitrogen and oxygen atoms in total. The van der Waals surface area contributed by atoms with E-state index >= 15 is 0 Å². The molecule has 7 heteroatoms. The van der Waals surface area contributed by atoms with E-state index in [1.165, 1.54) is 12.1 Å². The summed E-state index contributed by atoms with van der Waals surface area (Å²) in [5.41, 5.74) is 0.809. The third-order valence-electron chi connectivity index (χ3n) is 3.66. The minimum absolute atomic E-state index is 0.0779. The molecule has 1 atom stereocenters. The van der Waals surface area contributed by atoms with Crippen LogP contribution in [0.15, 0.2) is 36.4 Å². The lowest BCUT2D eigenvalue weighted by Gasteiger charge is -2.22. The van der Waals surface area contributed by atoms with Crippen molar-refractivity contribution >= 4 is 12.9 Å². The van der Waals surface area contributed by atoms with E-state index in [0.29, 0.717) is 18.4 Å². The van der Waals surface area contributed by atoms with Crippen molar-refractivity contribution in [2.75, 3.05) is 0 Å². The van der Waals surface area contributed by atoms with Gasteiger partial charge in [0.2, 0.25) is 0 Å². The van der Waals surface area contributed by atoms with E-state index < -0.39 is 19.3 Å². The fourth-order valence-electron chi connectivity index (χ4n) is 2.68. The van der Waals surface area contributed by atoms with Gasteiger partial charge in [-0.25, -0.2) is 0 Å². The van der Waals surface area contributed by atoms with Gasteiger partial charge in [-0.2, -0.15) is 0 Å². The maximum absolute atomic E-state index is 11.8. The average molecular weight is 338 g/mol. The Morgan fingerprint density at radius 2 is 1.61 bits per heavy atom. The van der Waals surface area contributed by atoms with Gasteiger partial charge in [0, 0.05) is 17.5 Å². The first-order chi connectivity index (χ1) is 10.7.